The molecular formula is C24H26N4O3. The summed E-state index contributed by atoms with van der Waals surface area (Å²) >= 11 is 0. The molecule has 0 unspecified atom stereocenters. The first-order valence-electron chi connectivity index (χ1n) is 10.4. The molecule has 0 saturated carbocycles. The fraction of sp³-hybridized carbons (Fsp3) is 0.292. The van der Waals surface area contributed by atoms with Gasteiger partial charge in [0.2, 0.25) is 5.91 Å². The Balaban J connectivity index is 1.31. The first kappa shape index (κ1) is 20.7. The van der Waals surface area contributed by atoms with Crippen LogP contribution in [0.25, 0.3) is 5.69 Å². The Morgan fingerprint density at radius 1 is 1.10 bits per heavy atom. The van der Waals surface area contributed by atoms with Crippen molar-refractivity contribution in [3.05, 3.63) is 78.4 Å². The molecule has 0 aliphatic carbocycles. The van der Waals surface area contributed by atoms with E-state index in [2.05, 4.69) is 10.3 Å². The summed E-state index contributed by atoms with van der Waals surface area (Å²) in [6, 6.07) is 15.1. The van der Waals surface area contributed by atoms with Crippen molar-refractivity contribution in [1.29, 1.82) is 0 Å². The molecule has 7 nitrogen and oxygen atoms in total. The molecule has 4 rings (SSSR count). The number of aromatic nitrogens is 2. The molecule has 1 aliphatic rings. The lowest BCUT2D eigenvalue weighted by Gasteiger charge is -2.31. The highest BCUT2D eigenvalue weighted by molar-refractivity contribution is 5.93. The van der Waals surface area contributed by atoms with Crippen molar-refractivity contribution >= 4 is 11.8 Å². The molecule has 3 aromatic rings. The molecule has 160 valence electrons. The fourth-order valence-corrected chi connectivity index (χ4v) is 3.86. The summed E-state index contributed by atoms with van der Waals surface area (Å²) in [7, 11) is 1.63. The second-order valence-electron chi connectivity index (χ2n) is 7.61. The predicted octanol–water partition coefficient (Wildman–Crippen LogP) is 3.05. The molecule has 0 spiro atoms. The number of nitrogens with zero attached hydrogens (tertiary/aromatic N) is 3. The number of methoxy groups -OCH3 is 1. The average molecular weight is 418 g/mol. The maximum Gasteiger partial charge on any atom is 0.270 e. The summed E-state index contributed by atoms with van der Waals surface area (Å²) in [6.07, 6.45) is 6.63. The van der Waals surface area contributed by atoms with E-state index in [1.165, 1.54) is 0 Å². The van der Waals surface area contributed by atoms with Gasteiger partial charge in [0.15, 0.2) is 0 Å². The molecule has 1 fully saturated rings. The number of rotatable bonds is 6. The normalized spacial score (nSPS) is 14.3. The Kier molecular flexibility index (Phi) is 6.31. The van der Waals surface area contributed by atoms with Crippen LogP contribution in [0.5, 0.6) is 5.75 Å². The van der Waals surface area contributed by atoms with Gasteiger partial charge in [0.1, 0.15) is 11.4 Å². The number of carbonyl (C=O) groups is 2. The van der Waals surface area contributed by atoms with Gasteiger partial charge < -0.3 is 19.5 Å². The van der Waals surface area contributed by atoms with Gasteiger partial charge in [0.25, 0.3) is 5.91 Å². The first-order valence-corrected chi connectivity index (χ1v) is 10.4. The summed E-state index contributed by atoms with van der Waals surface area (Å²) in [4.78, 5) is 31.6. The summed E-state index contributed by atoms with van der Waals surface area (Å²) in [6.45, 7) is 1.62. The highest BCUT2D eigenvalue weighted by atomic mass is 16.5. The minimum atomic E-state index is -0.0765. The zero-order chi connectivity index (χ0) is 21.6. The minimum Gasteiger partial charge on any atom is -0.497 e. The van der Waals surface area contributed by atoms with Crippen molar-refractivity contribution in [2.75, 3.05) is 20.2 Å². The van der Waals surface area contributed by atoms with E-state index in [4.69, 9.17) is 4.74 Å². The van der Waals surface area contributed by atoms with Gasteiger partial charge in [-0.05, 0) is 54.8 Å². The quantitative estimate of drug-likeness (QED) is 0.668. The third-order valence-electron chi connectivity index (χ3n) is 5.67. The number of benzene rings is 1. The van der Waals surface area contributed by atoms with E-state index in [0.29, 0.717) is 38.2 Å². The van der Waals surface area contributed by atoms with Crippen LogP contribution in [-0.4, -0.2) is 46.5 Å². The molecule has 2 amide bonds. The standard InChI is InChI=1S/C24H26N4O3/c1-31-21-8-6-18(7-9-21)16-26-23(29)19-10-14-27(15-11-19)24(30)22-5-3-13-28(22)20-4-2-12-25-17-20/h2-9,12-13,17,19H,10-11,14-16H2,1H3,(H,26,29). The zero-order valence-electron chi connectivity index (χ0n) is 17.5. The number of ether oxygens (including phenoxy) is 1. The molecule has 3 heterocycles. The third kappa shape index (κ3) is 4.77. The van der Waals surface area contributed by atoms with E-state index >= 15 is 0 Å². The lowest BCUT2D eigenvalue weighted by atomic mass is 9.95. The van der Waals surface area contributed by atoms with E-state index < -0.39 is 0 Å². The molecular weight excluding hydrogens is 392 g/mol. The highest BCUT2D eigenvalue weighted by Gasteiger charge is 2.28. The molecule has 1 saturated heterocycles. The molecule has 31 heavy (non-hydrogen) atoms. The highest BCUT2D eigenvalue weighted by Crippen LogP contribution is 2.21. The van der Waals surface area contributed by atoms with Crippen molar-refractivity contribution in [3.63, 3.8) is 0 Å². The van der Waals surface area contributed by atoms with Crippen LogP contribution in [0, 0.1) is 5.92 Å². The second kappa shape index (κ2) is 9.47. The Labute approximate surface area is 181 Å². The van der Waals surface area contributed by atoms with E-state index in [1.54, 1.807) is 19.5 Å². The smallest absolute Gasteiger partial charge is 0.270 e. The maximum atomic E-state index is 13.1. The largest absolute Gasteiger partial charge is 0.497 e. The van der Waals surface area contributed by atoms with Gasteiger partial charge in [0.05, 0.1) is 19.0 Å². The summed E-state index contributed by atoms with van der Waals surface area (Å²) in [5.41, 5.74) is 2.48. The van der Waals surface area contributed by atoms with Crippen molar-refractivity contribution in [3.8, 4) is 11.4 Å². The number of nitrogens with one attached hydrogen (secondary N) is 1. The fourth-order valence-electron chi connectivity index (χ4n) is 3.86. The van der Waals surface area contributed by atoms with Gasteiger partial charge >= 0.3 is 0 Å². The van der Waals surface area contributed by atoms with Crippen molar-refractivity contribution in [2.24, 2.45) is 5.92 Å². The van der Waals surface area contributed by atoms with Crippen LogP contribution in [-0.2, 0) is 11.3 Å². The Bertz CT molecular complexity index is 1020. The van der Waals surface area contributed by atoms with Crippen molar-refractivity contribution < 1.29 is 14.3 Å². The van der Waals surface area contributed by atoms with Crippen LogP contribution < -0.4 is 10.1 Å². The van der Waals surface area contributed by atoms with Crippen LogP contribution in [0.1, 0.15) is 28.9 Å². The van der Waals surface area contributed by atoms with E-state index in [1.807, 2.05) is 64.2 Å². The van der Waals surface area contributed by atoms with Gasteiger partial charge in [-0.25, -0.2) is 0 Å². The Morgan fingerprint density at radius 3 is 2.55 bits per heavy atom. The van der Waals surface area contributed by atoms with E-state index in [0.717, 1.165) is 17.0 Å². The minimum absolute atomic E-state index is 0.0223. The summed E-state index contributed by atoms with van der Waals surface area (Å²) < 4.78 is 7.00. The van der Waals surface area contributed by atoms with Gasteiger partial charge in [-0.15, -0.1) is 0 Å². The van der Waals surface area contributed by atoms with Gasteiger partial charge in [0, 0.05) is 37.9 Å². The molecule has 7 heteroatoms. The Hall–Kier alpha value is -3.61. The van der Waals surface area contributed by atoms with Crippen molar-refractivity contribution in [2.45, 2.75) is 19.4 Å². The van der Waals surface area contributed by atoms with Crippen LogP contribution >= 0.6 is 0 Å². The molecule has 1 N–H and O–H groups in total. The average Bonchev–Trinajstić information content (AvgIpc) is 3.33. The zero-order valence-corrected chi connectivity index (χ0v) is 17.5. The van der Waals surface area contributed by atoms with Gasteiger partial charge in [-0.1, -0.05) is 12.1 Å². The van der Waals surface area contributed by atoms with Crippen LogP contribution in [0.15, 0.2) is 67.1 Å². The molecule has 2 aromatic heterocycles. The topological polar surface area (TPSA) is 76.5 Å². The number of piperidine rings is 1. The number of likely N-dealkylation sites (tertiary alicyclic amines) is 1. The monoisotopic (exact) mass is 418 g/mol. The van der Waals surface area contributed by atoms with E-state index in [9.17, 15) is 9.59 Å². The van der Waals surface area contributed by atoms with Crippen molar-refractivity contribution in [1.82, 2.24) is 19.8 Å². The van der Waals surface area contributed by atoms with E-state index in [-0.39, 0.29) is 17.7 Å². The SMILES string of the molecule is COc1ccc(CNC(=O)C2CCN(C(=O)c3cccn3-c3cccnc3)CC2)cc1. The van der Waals surface area contributed by atoms with Crippen LogP contribution in [0.4, 0.5) is 0 Å². The summed E-state index contributed by atoms with van der Waals surface area (Å²) in [5, 5.41) is 3.01. The lowest BCUT2D eigenvalue weighted by molar-refractivity contribution is -0.126. The van der Waals surface area contributed by atoms with Crippen LogP contribution in [0.3, 0.4) is 0 Å². The van der Waals surface area contributed by atoms with Gasteiger partial charge in [-0.3, -0.25) is 14.6 Å². The number of hydrogen-bond donors (Lipinski definition) is 1. The summed E-state index contributed by atoms with van der Waals surface area (Å²) in [5.74, 6) is 0.738. The first-order chi connectivity index (χ1) is 15.2. The predicted molar refractivity (Wildman–Crippen MR) is 117 cm³/mol. The number of amides is 2. The number of pyridine rings is 1. The molecule has 0 radical (unpaired) electrons. The molecule has 0 bridgehead atoms. The Morgan fingerprint density at radius 2 is 1.87 bits per heavy atom. The number of hydrogen-bond acceptors (Lipinski definition) is 4. The molecule has 1 aromatic carbocycles. The number of carbonyl (C=O) groups excluding carboxylic acids is 2. The maximum absolute atomic E-state index is 13.1. The second-order valence-corrected chi connectivity index (χ2v) is 7.61. The molecule has 0 atom stereocenters. The van der Waals surface area contributed by atoms with Crippen LogP contribution in [0.2, 0.25) is 0 Å². The van der Waals surface area contributed by atoms with Gasteiger partial charge in [-0.2, -0.15) is 0 Å². The molecule has 1 aliphatic heterocycles. The lowest BCUT2D eigenvalue weighted by Crippen LogP contribution is -2.43. The third-order valence-corrected chi connectivity index (χ3v) is 5.67.